The zero-order valence-electron chi connectivity index (χ0n) is 21.1. The molecule has 6 nitrogen and oxygen atoms in total. The molecule has 3 aliphatic rings. The highest BCUT2D eigenvalue weighted by molar-refractivity contribution is 6.42. The van der Waals surface area contributed by atoms with Crippen molar-refractivity contribution < 1.29 is 19.1 Å². The van der Waals surface area contributed by atoms with Crippen LogP contribution in [0.25, 0.3) is 0 Å². The molecule has 190 valence electrons. The molecular formula is C27H34Cl2N2O4. The summed E-state index contributed by atoms with van der Waals surface area (Å²) >= 11 is 12.3. The van der Waals surface area contributed by atoms with Gasteiger partial charge in [-0.05, 0) is 61.6 Å². The van der Waals surface area contributed by atoms with Crippen molar-refractivity contribution in [1.29, 1.82) is 0 Å². The molecular weight excluding hydrogens is 487 g/mol. The van der Waals surface area contributed by atoms with Gasteiger partial charge < -0.3 is 14.5 Å². The van der Waals surface area contributed by atoms with Crippen molar-refractivity contribution in [2.45, 2.75) is 72.3 Å². The Hall–Kier alpha value is -2.05. The summed E-state index contributed by atoms with van der Waals surface area (Å²) in [7, 11) is 0. The number of amides is 2. The minimum absolute atomic E-state index is 0.0465. The number of rotatable bonds is 5. The molecule has 4 rings (SSSR count). The van der Waals surface area contributed by atoms with Crippen LogP contribution >= 0.6 is 23.2 Å². The van der Waals surface area contributed by atoms with E-state index in [1.807, 2.05) is 4.90 Å². The number of hydrogen-bond acceptors (Lipinski definition) is 4. The van der Waals surface area contributed by atoms with Gasteiger partial charge in [-0.3, -0.25) is 9.59 Å². The lowest BCUT2D eigenvalue weighted by Crippen LogP contribution is -2.47. The van der Waals surface area contributed by atoms with E-state index in [1.54, 1.807) is 32.0 Å². The second-order valence-corrected chi connectivity index (χ2v) is 12.2. The van der Waals surface area contributed by atoms with Crippen molar-refractivity contribution in [2.24, 2.45) is 10.8 Å². The minimum atomic E-state index is -0.520. The van der Waals surface area contributed by atoms with Gasteiger partial charge in [0.25, 0.3) is 0 Å². The second kappa shape index (κ2) is 9.44. The van der Waals surface area contributed by atoms with E-state index in [9.17, 15) is 14.4 Å². The summed E-state index contributed by atoms with van der Waals surface area (Å²) in [5, 5.41) is 0.752. The fourth-order valence-corrected chi connectivity index (χ4v) is 6.97. The number of nitrogens with zero attached hydrogens (tertiary/aromatic N) is 2. The Morgan fingerprint density at radius 3 is 2.51 bits per heavy atom. The van der Waals surface area contributed by atoms with Gasteiger partial charge in [-0.25, -0.2) is 4.79 Å². The number of benzene rings is 1. The van der Waals surface area contributed by atoms with Crippen LogP contribution in [0.1, 0.15) is 71.8 Å². The molecule has 0 aromatic heterocycles. The van der Waals surface area contributed by atoms with E-state index in [2.05, 4.69) is 20.8 Å². The number of carbonyl (C=O) groups is 3. The van der Waals surface area contributed by atoms with Crippen LogP contribution in [0, 0.1) is 10.8 Å². The predicted molar refractivity (Wildman–Crippen MR) is 136 cm³/mol. The van der Waals surface area contributed by atoms with Crippen molar-refractivity contribution in [3.8, 4) is 0 Å². The van der Waals surface area contributed by atoms with E-state index >= 15 is 0 Å². The second-order valence-electron chi connectivity index (χ2n) is 11.4. The fourth-order valence-electron chi connectivity index (χ4n) is 6.67. The van der Waals surface area contributed by atoms with Crippen molar-refractivity contribution in [1.82, 2.24) is 9.80 Å². The zero-order chi connectivity index (χ0) is 25.7. The highest BCUT2D eigenvalue weighted by Gasteiger charge is 2.51. The number of fused-ring (bicyclic) bond motifs is 2. The molecule has 2 amide bonds. The van der Waals surface area contributed by atoms with Gasteiger partial charge in [-0.1, -0.05) is 50.0 Å². The van der Waals surface area contributed by atoms with E-state index in [4.69, 9.17) is 27.9 Å². The third kappa shape index (κ3) is 5.10. The Balaban J connectivity index is 1.63. The summed E-state index contributed by atoms with van der Waals surface area (Å²) in [5.74, 6) is -1.28. The van der Waals surface area contributed by atoms with Crippen molar-refractivity contribution in [3.05, 3.63) is 45.1 Å². The van der Waals surface area contributed by atoms with Crippen LogP contribution in [-0.4, -0.2) is 53.3 Å². The smallest absolute Gasteiger partial charge is 0.336 e. The van der Waals surface area contributed by atoms with Crippen LogP contribution in [0.15, 0.2) is 29.5 Å². The van der Waals surface area contributed by atoms with Crippen LogP contribution in [0.3, 0.4) is 0 Å². The first-order valence-corrected chi connectivity index (χ1v) is 13.0. The van der Waals surface area contributed by atoms with Crippen LogP contribution in [0.4, 0.5) is 0 Å². The van der Waals surface area contributed by atoms with Gasteiger partial charge >= 0.3 is 5.97 Å². The summed E-state index contributed by atoms with van der Waals surface area (Å²) in [6.45, 7) is 11.1. The predicted octanol–water partition coefficient (Wildman–Crippen LogP) is 5.57. The zero-order valence-corrected chi connectivity index (χ0v) is 22.6. The molecule has 1 saturated heterocycles. The van der Waals surface area contributed by atoms with Crippen LogP contribution in [-0.2, 0) is 19.1 Å². The molecule has 1 saturated carbocycles. The molecule has 1 aromatic carbocycles. The molecule has 2 aliphatic heterocycles. The van der Waals surface area contributed by atoms with Gasteiger partial charge in [0.05, 0.1) is 22.2 Å². The Morgan fingerprint density at radius 2 is 1.86 bits per heavy atom. The van der Waals surface area contributed by atoms with Gasteiger partial charge in [0.2, 0.25) is 11.8 Å². The largest absolute Gasteiger partial charge is 0.463 e. The van der Waals surface area contributed by atoms with Gasteiger partial charge in [0.1, 0.15) is 6.54 Å². The highest BCUT2D eigenvalue weighted by atomic mass is 35.5. The van der Waals surface area contributed by atoms with E-state index in [0.717, 1.165) is 19.3 Å². The van der Waals surface area contributed by atoms with Gasteiger partial charge in [-0.15, -0.1) is 0 Å². The number of hydrogen-bond donors (Lipinski definition) is 0. The van der Waals surface area contributed by atoms with Crippen LogP contribution < -0.4 is 0 Å². The first-order valence-electron chi connectivity index (χ1n) is 12.3. The van der Waals surface area contributed by atoms with Gasteiger partial charge in [0.15, 0.2) is 0 Å². The number of ether oxygens (including phenoxy) is 1. The molecule has 1 aliphatic carbocycles. The molecule has 3 atom stereocenters. The van der Waals surface area contributed by atoms with Gasteiger partial charge in [-0.2, -0.15) is 0 Å². The van der Waals surface area contributed by atoms with Crippen molar-refractivity contribution in [3.63, 3.8) is 0 Å². The maximum Gasteiger partial charge on any atom is 0.336 e. The third-order valence-corrected chi connectivity index (χ3v) is 8.43. The topological polar surface area (TPSA) is 66.9 Å². The van der Waals surface area contributed by atoms with E-state index in [0.29, 0.717) is 33.4 Å². The normalized spacial score (nSPS) is 27.9. The quantitative estimate of drug-likeness (QED) is 0.475. The summed E-state index contributed by atoms with van der Waals surface area (Å²) < 4.78 is 5.35. The summed E-state index contributed by atoms with van der Waals surface area (Å²) in [6.07, 6.45) is 3.09. The van der Waals surface area contributed by atoms with E-state index in [-0.39, 0.29) is 48.3 Å². The standard InChI is InChI=1S/C27H34Cl2N2O4/c1-6-35-25(34)24-16(2)30(22(32)10-19(24)17-7-8-20(28)21(29)9-17)13-23(33)31-15-27(5)12-18(31)11-26(3,4)14-27/h7-9,18-19H,6,10-15H2,1-5H3. The number of esters is 1. The molecule has 0 N–H and O–H groups in total. The van der Waals surface area contributed by atoms with Crippen LogP contribution in [0.5, 0.6) is 0 Å². The molecule has 2 fully saturated rings. The average Bonchev–Trinajstić information content (AvgIpc) is 3.01. The van der Waals surface area contributed by atoms with E-state index < -0.39 is 11.9 Å². The molecule has 3 unspecified atom stereocenters. The SMILES string of the molecule is CCOC(=O)C1=C(C)N(CC(=O)N2CC3(C)CC2CC(C)(C)C3)C(=O)CC1c1ccc(Cl)c(Cl)c1. The lowest BCUT2D eigenvalue weighted by molar-refractivity contribution is -0.143. The number of likely N-dealkylation sites (tertiary alicyclic amines) is 1. The fraction of sp³-hybridized carbons (Fsp3) is 0.593. The lowest BCUT2D eigenvalue weighted by atomic mass is 9.65. The van der Waals surface area contributed by atoms with Crippen LogP contribution in [0.2, 0.25) is 10.0 Å². The lowest BCUT2D eigenvalue weighted by Gasteiger charge is -2.39. The average molecular weight is 521 g/mol. The molecule has 35 heavy (non-hydrogen) atoms. The minimum Gasteiger partial charge on any atom is -0.463 e. The Morgan fingerprint density at radius 1 is 1.14 bits per heavy atom. The first-order chi connectivity index (χ1) is 16.3. The van der Waals surface area contributed by atoms with Crippen molar-refractivity contribution >= 4 is 41.0 Å². The molecule has 8 heteroatoms. The molecule has 0 spiro atoms. The molecule has 1 aromatic rings. The third-order valence-electron chi connectivity index (χ3n) is 7.69. The number of carbonyl (C=O) groups excluding carboxylic acids is 3. The Bertz CT molecular complexity index is 1100. The summed E-state index contributed by atoms with van der Waals surface area (Å²) in [5.41, 5.74) is 1.84. The molecule has 0 radical (unpaired) electrons. The number of halogens is 2. The molecule has 2 heterocycles. The Labute approximate surface area is 217 Å². The first kappa shape index (κ1) is 26.0. The van der Waals surface area contributed by atoms with Gasteiger partial charge in [0, 0.05) is 30.6 Å². The number of allylic oxidation sites excluding steroid dienone is 1. The Kier molecular flexibility index (Phi) is 7.02. The van der Waals surface area contributed by atoms with E-state index in [1.165, 1.54) is 4.90 Å². The highest BCUT2D eigenvalue weighted by Crippen LogP contribution is 2.52. The summed E-state index contributed by atoms with van der Waals surface area (Å²) in [4.78, 5) is 43.3. The summed E-state index contributed by atoms with van der Waals surface area (Å²) in [6, 6.07) is 5.30. The maximum absolute atomic E-state index is 13.5. The monoisotopic (exact) mass is 520 g/mol. The maximum atomic E-state index is 13.5. The van der Waals surface area contributed by atoms with Crippen molar-refractivity contribution in [2.75, 3.05) is 19.7 Å². The molecule has 2 bridgehead atoms.